The summed E-state index contributed by atoms with van der Waals surface area (Å²) in [4.78, 5) is 13.3. The molecule has 7 nitrogen and oxygen atoms in total. The number of methoxy groups -OCH3 is 4. The summed E-state index contributed by atoms with van der Waals surface area (Å²) in [5.41, 5.74) is 8.31. The van der Waals surface area contributed by atoms with Crippen LogP contribution in [0.3, 0.4) is 0 Å². The van der Waals surface area contributed by atoms with E-state index in [4.69, 9.17) is 24.7 Å². The number of carbonyl (C=O) groups excluding carboxylic acids is 1. The number of hydrogen-bond acceptors (Lipinski definition) is 6. The number of carbonyl (C=O) groups is 1. The van der Waals surface area contributed by atoms with E-state index in [0.29, 0.717) is 39.9 Å². The van der Waals surface area contributed by atoms with E-state index < -0.39 is 0 Å². The van der Waals surface area contributed by atoms with Crippen molar-refractivity contribution >= 4 is 22.4 Å². The number of ketones is 1. The second-order valence-electron chi connectivity index (χ2n) is 5.95. The lowest BCUT2D eigenvalue weighted by Crippen LogP contribution is -2.10. The monoisotopic (exact) mass is 370 g/mol. The van der Waals surface area contributed by atoms with Gasteiger partial charge >= 0.3 is 0 Å². The fourth-order valence-corrected chi connectivity index (χ4v) is 3.20. The molecule has 1 heterocycles. The molecule has 3 rings (SSSR count). The topological polar surface area (TPSA) is 84.9 Å². The van der Waals surface area contributed by atoms with Crippen LogP contribution in [-0.2, 0) is 7.05 Å². The Balaban J connectivity index is 2.19. The van der Waals surface area contributed by atoms with Crippen LogP contribution in [0.1, 0.15) is 16.1 Å². The number of anilines is 1. The van der Waals surface area contributed by atoms with Crippen molar-refractivity contribution in [1.82, 2.24) is 4.57 Å². The van der Waals surface area contributed by atoms with Crippen molar-refractivity contribution < 1.29 is 23.7 Å². The Morgan fingerprint density at radius 1 is 0.926 bits per heavy atom. The maximum Gasteiger partial charge on any atom is 0.211 e. The summed E-state index contributed by atoms with van der Waals surface area (Å²) in [5.74, 6) is 1.65. The molecule has 0 aliphatic heterocycles. The smallest absolute Gasteiger partial charge is 0.211 e. The molecule has 0 unspecified atom stereocenters. The zero-order valence-electron chi connectivity index (χ0n) is 16.0. The van der Waals surface area contributed by atoms with E-state index >= 15 is 0 Å². The molecule has 0 saturated carbocycles. The van der Waals surface area contributed by atoms with Gasteiger partial charge in [-0.2, -0.15) is 0 Å². The first-order valence-electron chi connectivity index (χ1n) is 8.23. The summed E-state index contributed by atoms with van der Waals surface area (Å²) in [6.07, 6.45) is 0. The van der Waals surface area contributed by atoms with Gasteiger partial charge in [0.2, 0.25) is 11.5 Å². The Labute approximate surface area is 157 Å². The molecule has 0 fully saturated rings. The van der Waals surface area contributed by atoms with Crippen molar-refractivity contribution in [2.75, 3.05) is 34.2 Å². The van der Waals surface area contributed by atoms with Crippen LogP contribution in [0, 0.1) is 0 Å². The van der Waals surface area contributed by atoms with Crippen molar-refractivity contribution in [3.05, 3.63) is 41.6 Å². The highest BCUT2D eigenvalue weighted by molar-refractivity contribution is 6.16. The molecular formula is C20H22N2O5. The summed E-state index contributed by atoms with van der Waals surface area (Å²) in [5, 5.41) is 0.757. The molecule has 0 amide bonds. The number of rotatable bonds is 6. The highest BCUT2D eigenvalue weighted by Crippen LogP contribution is 2.40. The van der Waals surface area contributed by atoms with Crippen LogP contribution in [0.5, 0.6) is 23.0 Å². The zero-order valence-corrected chi connectivity index (χ0v) is 16.0. The van der Waals surface area contributed by atoms with Crippen LogP contribution < -0.4 is 24.7 Å². The van der Waals surface area contributed by atoms with Gasteiger partial charge in [0.15, 0.2) is 11.5 Å². The number of aryl methyl sites for hydroxylation is 1. The van der Waals surface area contributed by atoms with Gasteiger partial charge in [-0.25, -0.2) is 0 Å². The average Bonchev–Trinajstić information content (AvgIpc) is 2.95. The standard InChI is InChI=1S/C20H22N2O5/c1-22-14-7-6-12(24-2)10-13(14)17(21)18(22)19(23)11-8-15(25-3)20(27-5)16(9-11)26-4/h6-10H,21H2,1-5H3. The maximum absolute atomic E-state index is 13.3. The van der Waals surface area contributed by atoms with E-state index in [1.165, 1.54) is 21.3 Å². The summed E-state index contributed by atoms with van der Waals surface area (Å²) >= 11 is 0. The van der Waals surface area contributed by atoms with E-state index in [-0.39, 0.29) is 5.78 Å². The minimum Gasteiger partial charge on any atom is -0.497 e. The number of fused-ring (bicyclic) bond motifs is 1. The van der Waals surface area contributed by atoms with Gasteiger partial charge in [0.1, 0.15) is 11.4 Å². The van der Waals surface area contributed by atoms with Crippen LogP contribution in [0.2, 0.25) is 0 Å². The first-order valence-corrected chi connectivity index (χ1v) is 8.23. The lowest BCUT2D eigenvalue weighted by Gasteiger charge is -2.14. The molecule has 1 aromatic heterocycles. The zero-order chi connectivity index (χ0) is 19.7. The van der Waals surface area contributed by atoms with Gasteiger partial charge in [0.05, 0.1) is 39.6 Å². The number of ether oxygens (including phenoxy) is 4. The third-order valence-electron chi connectivity index (χ3n) is 4.59. The minimum atomic E-state index is -0.246. The van der Waals surface area contributed by atoms with Crippen LogP contribution >= 0.6 is 0 Å². The van der Waals surface area contributed by atoms with Crippen molar-refractivity contribution in [3.63, 3.8) is 0 Å². The molecule has 0 saturated heterocycles. The third kappa shape index (κ3) is 2.91. The highest BCUT2D eigenvalue weighted by Gasteiger charge is 2.24. The second kappa shape index (κ2) is 7.11. The quantitative estimate of drug-likeness (QED) is 0.672. The van der Waals surface area contributed by atoms with Crippen molar-refractivity contribution in [1.29, 1.82) is 0 Å². The number of nitrogen functional groups attached to an aromatic ring is 1. The van der Waals surface area contributed by atoms with Crippen LogP contribution in [-0.4, -0.2) is 38.8 Å². The van der Waals surface area contributed by atoms with E-state index in [9.17, 15) is 4.79 Å². The SMILES string of the molecule is COc1ccc2c(c1)c(N)c(C(=O)c1cc(OC)c(OC)c(OC)c1)n2C. The van der Waals surface area contributed by atoms with Gasteiger partial charge in [-0.05, 0) is 30.3 Å². The maximum atomic E-state index is 13.3. The Morgan fingerprint density at radius 3 is 2.07 bits per heavy atom. The van der Waals surface area contributed by atoms with Gasteiger partial charge < -0.3 is 29.2 Å². The van der Waals surface area contributed by atoms with Crippen molar-refractivity contribution in [2.45, 2.75) is 0 Å². The van der Waals surface area contributed by atoms with Crippen LogP contribution in [0.15, 0.2) is 30.3 Å². The fourth-order valence-electron chi connectivity index (χ4n) is 3.20. The molecule has 2 aromatic carbocycles. The normalized spacial score (nSPS) is 10.7. The van der Waals surface area contributed by atoms with Crippen LogP contribution in [0.4, 0.5) is 5.69 Å². The molecule has 0 aliphatic rings. The first-order chi connectivity index (χ1) is 13.0. The third-order valence-corrected chi connectivity index (χ3v) is 4.59. The fraction of sp³-hybridized carbons (Fsp3) is 0.250. The predicted molar refractivity (Wildman–Crippen MR) is 103 cm³/mol. The minimum absolute atomic E-state index is 0.246. The van der Waals surface area contributed by atoms with Gasteiger partial charge in [0.25, 0.3) is 0 Å². The molecule has 2 N–H and O–H groups in total. The summed E-state index contributed by atoms with van der Waals surface area (Å²) in [7, 11) is 7.90. The lowest BCUT2D eigenvalue weighted by atomic mass is 10.1. The van der Waals surface area contributed by atoms with Gasteiger partial charge in [-0.1, -0.05) is 0 Å². The number of aromatic nitrogens is 1. The molecule has 0 aliphatic carbocycles. The highest BCUT2D eigenvalue weighted by atomic mass is 16.5. The second-order valence-corrected chi connectivity index (χ2v) is 5.95. The van der Waals surface area contributed by atoms with E-state index in [1.54, 1.807) is 30.9 Å². The van der Waals surface area contributed by atoms with Gasteiger partial charge in [-0.3, -0.25) is 4.79 Å². The Morgan fingerprint density at radius 2 is 1.56 bits per heavy atom. The molecule has 0 atom stereocenters. The Kier molecular flexibility index (Phi) is 4.85. The largest absolute Gasteiger partial charge is 0.497 e. The number of nitrogens with two attached hydrogens (primary N) is 1. The van der Waals surface area contributed by atoms with Crippen LogP contribution in [0.25, 0.3) is 10.9 Å². The van der Waals surface area contributed by atoms with Crippen molar-refractivity contribution in [3.8, 4) is 23.0 Å². The molecule has 0 bridgehead atoms. The molecule has 3 aromatic rings. The summed E-state index contributed by atoms with van der Waals surface area (Å²) in [6.45, 7) is 0. The molecule has 0 spiro atoms. The molecule has 142 valence electrons. The molecular weight excluding hydrogens is 348 g/mol. The molecule has 0 radical (unpaired) electrons. The Bertz CT molecular complexity index is 998. The number of hydrogen-bond donors (Lipinski definition) is 1. The number of benzene rings is 2. The first kappa shape index (κ1) is 18.4. The van der Waals surface area contributed by atoms with Gasteiger partial charge in [-0.15, -0.1) is 0 Å². The van der Waals surface area contributed by atoms with E-state index in [0.717, 1.165) is 10.9 Å². The van der Waals surface area contributed by atoms with Crippen molar-refractivity contribution in [2.24, 2.45) is 7.05 Å². The average molecular weight is 370 g/mol. The van der Waals surface area contributed by atoms with E-state index in [1.807, 2.05) is 18.2 Å². The van der Waals surface area contributed by atoms with Gasteiger partial charge in [0, 0.05) is 18.0 Å². The molecule has 27 heavy (non-hydrogen) atoms. The van der Waals surface area contributed by atoms with E-state index in [2.05, 4.69) is 0 Å². The summed E-state index contributed by atoms with van der Waals surface area (Å²) < 4.78 is 23.0. The summed E-state index contributed by atoms with van der Waals surface area (Å²) in [6, 6.07) is 8.74. The predicted octanol–water partition coefficient (Wildman–Crippen LogP) is 3.03. The Hall–Kier alpha value is -3.35. The molecule has 7 heteroatoms. The lowest BCUT2D eigenvalue weighted by molar-refractivity contribution is 0.103. The number of nitrogens with zero attached hydrogens (tertiary/aromatic N) is 1.